The molecule has 1 aromatic heterocycles. The van der Waals surface area contributed by atoms with Gasteiger partial charge in [0.1, 0.15) is 12.1 Å². The van der Waals surface area contributed by atoms with Gasteiger partial charge in [0.2, 0.25) is 5.88 Å². The van der Waals surface area contributed by atoms with Crippen molar-refractivity contribution in [1.82, 2.24) is 15.3 Å². The van der Waals surface area contributed by atoms with Crippen molar-refractivity contribution in [3.8, 4) is 5.88 Å². The third-order valence-electron chi connectivity index (χ3n) is 2.27. The van der Waals surface area contributed by atoms with Gasteiger partial charge in [0.25, 0.3) is 0 Å². The van der Waals surface area contributed by atoms with Gasteiger partial charge in [0.15, 0.2) is 0 Å². The number of aromatic nitrogens is 2. The Kier molecular flexibility index (Phi) is 5.34. The minimum absolute atomic E-state index is 0.469. The summed E-state index contributed by atoms with van der Waals surface area (Å²) in [5.41, 5.74) is 6.59. The smallest absolute Gasteiger partial charge is 0.222 e. The summed E-state index contributed by atoms with van der Waals surface area (Å²) in [5.74, 6) is 1.01. The van der Waals surface area contributed by atoms with Gasteiger partial charge >= 0.3 is 0 Å². The van der Waals surface area contributed by atoms with E-state index in [1.165, 1.54) is 6.33 Å². The normalized spacial score (nSPS) is 12.4. The van der Waals surface area contributed by atoms with E-state index >= 15 is 0 Å². The van der Waals surface area contributed by atoms with Crippen LogP contribution in [0.4, 0.5) is 5.82 Å². The summed E-state index contributed by atoms with van der Waals surface area (Å²) in [6.07, 6.45) is 3.50. The molecule has 0 aliphatic rings. The van der Waals surface area contributed by atoms with Crippen LogP contribution in [0.3, 0.4) is 0 Å². The highest BCUT2D eigenvalue weighted by molar-refractivity contribution is 7.99. The van der Waals surface area contributed by atoms with Crippen LogP contribution < -0.4 is 15.8 Å². The van der Waals surface area contributed by atoms with Crippen LogP contribution in [-0.4, -0.2) is 35.1 Å². The quantitative estimate of drug-likeness (QED) is 0.772. The van der Waals surface area contributed by atoms with Crippen molar-refractivity contribution >= 4 is 17.6 Å². The molecular formula is C10H18N4OS. The third-order valence-corrected chi connectivity index (χ3v) is 3.24. The van der Waals surface area contributed by atoms with E-state index < -0.39 is 0 Å². The highest BCUT2D eigenvalue weighted by Gasteiger charge is 2.09. The standard InChI is InChI=1S/C10H18N4OS/c1-7(16-3)4-12-5-8-9(11)13-6-14-10(8)15-2/h6-7,12H,4-5H2,1-3H3,(H2,11,13,14)/t7-/m1/s1. The molecule has 1 rings (SSSR count). The van der Waals surface area contributed by atoms with E-state index in [1.807, 2.05) is 11.8 Å². The van der Waals surface area contributed by atoms with Gasteiger partial charge in [-0.25, -0.2) is 9.97 Å². The first-order chi connectivity index (χ1) is 7.69. The number of ether oxygens (including phenoxy) is 1. The zero-order chi connectivity index (χ0) is 12.0. The van der Waals surface area contributed by atoms with E-state index in [1.54, 1.807) is 7.11 Å². The molecule has 16 heavy (non-hydrogen) atoms. The maximum Gasteiger partial charge on any atom is 0.222 e. The topological polar surface area (TPSA) is 73.1 Å². The molecule has 1 atom stereocenters. The molecule has 0 spiro atoms. The highest BCUT2D eigenvalue weighted by atomic mass is 32.2. The fourth-order valence-corrected chi connectivity index (χ4v) is 1.52. The van der Waals surface area contributed by atoms with Crippen molar-refractivity contribution in [2.75, 3.05) is 25.6 Å². The molecule has 90 valence electrons. The van der Waals surface area contributed by atoms with Gasteiger partial charge in [0, 0.05) is 18.3 Å². The number of rotatable bonds is 6. The van der Waals surface area contributed by atoms with E-state index in [0.29, 0.717) is 23.5 Å². The second-order valence-corrected chi connectivity index (χ2v) is 4.70. The van der Waals surface area contributed by atoms with E-state index in [4.69, 9.17) is 10.5 Å². The van der Waals surface area contributed by atoms with Gasteiger partial charge < -0.3 is 15.8 Å². The minimum Gasteiger partial charge on any atom is -0.481 e. The Morgan fingerprint density at radius 2 is 2.31 bits per heavy atom. The molecule has 3 N–H and O–H groups in total. The number of hydrogen-bond acceptors (Lipinski definition) is 6. The lowest BCUT2D eigenvalue weighted by Gasteiger charge is -2.12. The molecule has 0 unspecified atom stereocenters. The fraction of sp³-hybridized carbons (Fsp3) is 0.600. The zero-order valence-corrected chi connectivity index (χ0v) is 10.7. The van der Waals surface area contributed by atoms with Crippen LogP contribution in [0.5, 0.6) is 5.88 Å². The van der Waals surface area contributed by atoms with E-state index in [2.05, 4.69) is 28.5 Å². The Labute approximate surface area is 100 Å². The molecular weight excluding hydrogens is 224 g/mol. The summed E-state index contributed by atoms with van der Waals surface area (Å²) < 4.78 is 5.13. The number of nitrogen functional groups attached to an aromatic ring is 1. The molecule has 6 heteroatoms. The molecule has 1 heterocycles. The first kappa shape index (κ1) is 13.1. The largest absolute Gasteiger partial charge is 0.481 e. The van der Waals surface area contributed by atoms with Crippen molar-refractivity contribution < 1.29 is 4.74 Å². The molecule has 0 saturated carbocycles. The summed E-state index contributed by atoms with van der Waals surface area (Å²) in [6.45, 7) is 3.71. The highest BCUT2D eigenvalue weighted by Crippen LogP contribution is 2.18. The minimum atomic E-state index is 0.469. The van der Waals surface area contributed by atoms with Crippen LogP contribution in [0.2, 0.25) is 0 Å². The zero-order valence-electron chi connectivity index (χ0n) is 9.86. The molecule has 1 aromatic rings. The molecule has 0 bridgehead atoms. The first-order valence-corrected chi connectivity index (χ1v) is 6.34. The fourth-order valence-electron chi connectivity index (χ4n) is 1.23. The average Bonchev–Trinajstić information content (AvgIpc) is 2.30. The second-order valence-electron chi connectivity index (χ2n) is 3.42. The number of nitrogens with two attached hydrogens (primary N) is 1. The number of thioether (sulfide) groups is 1. The van der Waals surface area contributed by atoms with Crippen LogP contribution in [0.15, 0.2) is 6.33 Å². The number of anilines is 1. The summed E-state index contributed by atoms with van der Waals surface area (Å²) in [6, 6.07) is 0. The van der Waals surface area contributed by atoms with Crippen molar-refractivity contribution in [1.29, 1.82) is 0 Å². The molecule has 0 aromatic carbocycles. The Bertz CT molecular complexity index is 335. The second kappa shape index (κ2) is 6.55. The van der Waals surface area contributed by atoms with Gasteiger partial charge in [-0.15, -0.1) is 0 Å². The predicted molar refractivity (Wildman–Crippen MR) is 67.7 cm³/mol. The van der Waals surface area contributed by atoms with Crippen LogP contribution >= 0.6 is 11.8 Å². The van der Waals surface area contributed by atoms with E-state index in [-0.39, 0.29) is 0 Å². The molecule has 0 amide bonds. The summed E-state index contributed by atoms with van der Waals surface area (Å²) in [5, 5.41) is 3.87. The van der Waals surface area contributed by atoms with Gasteiger partial charge in [-0.1, -0.05) is 6.92 Å². The lowest BCUT2D eigenvalue weighted by Crippen LogP contribution is -2.23. The summed E-state index contributed by atoms with van der Waals surface area (Å²) in [4.78, 5) is 7.96. The molecule has 0 aliphatic carbocycles. The number of methoxy groups -OCH3 is 1. The van der Waals surface area contributed by atoms with E-state index in [9.17, 15) is 0 Å². The van der Waals surface area contributed by atoms with Crippen molar-refractivity contribution in [2.24, 2.45) is 0 Å². The van der Waals surface area contributed by atoms with Crippen LogP contribution in [-0.2, 0) is 6.54 Å². The monoisotopic (exact) mass is 242 g/mol. The Morgan fingerprint density at radius 1 is 1.56 bits per heavy atom. The Morgan fingerprint density at radius 3 is 2.94 bits per heavy atom. The average molecular weight is 242 g/mol. The van der Waals surface area contributed by atoms with E-state index in [0.717, 1.165) is 12.1 Å². The Hall–Kier alpha value is -1.01. The number of nitrogens with zero attached hydrogens (tertiary/aromatic N) is 2. The summed E-state index contributed by atoms with van der Waals surface area (Å²) >= 11 is 1.82. The van der Waals surface area contributed by atoms with Crippen molar-refractivity contribution in [2.45, 2.75) is 18.7 Å². The van der Waals surface area contributed by atoms with Gasteiger partial charge in [-0.05, 0) is 6.26 Å². The van der Waals surface area contributed by atoms with Crippen molar-refractivity contribution in [3.63, 3.8) is 0 Å². The van der Waals surface area contributed by atoms with Crippen LogP contribution in [0.1, 0.15) is 12.5 Å². The maximum atomic E-state index is 5.77. The molecule has 0 fully saturated rings. The maximum absolute atomic E-state index is 5.77. The SMILES string of the molecule is COc1ncnc(N)c1CNC[C@@H](C)SC. The first-order valence-electron chi connectivity index (χ1n) is 5.05. The van der Waals surface area contributed by atoms with Gasteiger partial charge in [-0.2, -0.15) is 11.8 Å². The summed E-state index contributed by atoms with van der Waals surface area (Å²) in [7, 11) is 1.58. The molecule has 0 radical (unpaired) electrons. The third kappa shape index (κ3) is 3.53. The number of nitrogens with one attached hydrogen (secondary N) is 1. The van der Waals surface area contributed by atoms with Crippen LogP contribution in [0, 0.1) is 0 Å². The lowest BCUT2D eigenvalue weighted by atomic mass is 10.3. The molecule has 0 aliphatic heterocycles. The van der Waals surface area contributed by atoms with Gasteiger partial charge in [0.05, 0.1) is 12.7 Å². The van der Waals surface area contributed by atoms with Crippen molar-refractivity contribution in [3.05, 3.63) is 11.9 Å². The van der Waals surface area contributed by atoms with Gasteiger partial charge in [-0.3, -0.25) is 0 Å². The predicted octanol–water partition coefficient (Wildman–Crippen LogP) is 0.908. The molecule has 0 saturated heterocycles. The Balaban J connectivity index is 2.59. The lowest BCUT2D eigenvalue weighted by molar-refractivity contribution is 0.390. The number of hydrogen-bond donors (Lipinski definition) is 2. The van der Waals surface area contributed by atoms with Crippen LogP contribution in [0.25, 0.3) is 0 Å². The molecule has 5 nitrogen and oxygen atoms in total.